The highest BCUT2D eigenvalue weighted by molar-refractivity contribution is 5.51. The molecule has 68 valence electrons. The van der Waals surface area contributed by atoms with Crippen LogP contribution >= 0.6 is 0 Å². The topological polar surface area (TPSA) is 26.5 Å². The van der Waals surface area contributed by atoms with Crippen molar-refractivity contribution in [2.24, 2.45) is 0 Å². The molecular weight excluding hydrogens is 164 g/mol. The van der Waals surface area contributed by atoms with Crippen molar-refractivity contribution in [3.05, 3.63) is 30.4 Å². The van der Waals surface area contributed by atoms with Gasteiger partial charge in [0.05, 0.1) is 31.3 Å². The van der Waals surface area contributed by atoms with E-state index in [1.165, 1.54) is 5.56 Å². The molecule has 0 aliphatic rings. The first-order valence-electron chi connectivity index (χ1n) is 4.33. The molecule has 0 saturated heterocycles. The van der Waals surface area contributed by atoms with E-state index in [-0.39, 0.29) is 0 Å². The zero-order valence-electron chi connectivity index (χ0n) is 7.82. The number of methoxy groups -OCH3 is 1. The Balaban J connectivity index is 2.67. The highest BCUT2D eigenvalue weighted by atomic mass is 16.5. The average molecular weight is 176 g/mol. The number of imidazole rings is 1. The van der Waals surface area contributed by atoms with Crippen LogP contribution in [0.15, 0.2) is 24.8 Å². The third-order valence-electron chi connectivity index (χ3n) is 2.19. The molecule has 0 aliphatic heterocycles. The summed E-state index contributed by atoms with van der Waals surface area (Å²) in [5, 5.41) is 0. The van der Waals surface area contributed by atoms with E-state index < -0.39 is 0 Å². The Morgan fingerprint density at radius 3 is 3.08 bits per heavy atom. The maximum Gasteiger partial charge on any atom is 0.138 e. The van der Waals surface area contributed by atoms with Crippen LogP contribution < -0.4 is 4.74 Å². The smallest absolute Gasteiger partial charge is 0.138 e. The second-order valence-corrected chi connectivity index (χ2v) is 2.95. The summed E-state index contributed by atoms with van der Waals surface area (Å²) in [4.78, 5) is 4.06. The normalized spacial score (nSPS) is 10.6. The third kappa shape index (κ3) is 1.26. The predicted octanol–water partition coefficient (Wildman–Crippen LogP) is 1.91. The first-order chi connectivity index (χ1) is 6.35. The molecule has 0 N–H and O–H groups in total. The quantitative estimate of drug-likeness (QED) is 0.698. The summed E-state index contributed by atoms with van der Waals surface area (Å²) in [6.45, 7) is 2.12. The molecule has 3 heteroatoms. The molecule has 0 fully saturated rings. The van der Waals surface area contributed by atoms with Crippen LogP contribution in [-0.4, -0.2) is 16.5 Å². The summed E-state index contributed by atoms with van der Waals surface area (Å²) < 4.78 is 7.22. The summed E-state index contributed by atoms with van der Waals surface area (Å²) in [6.07, 6.45) is 6.56. The summed E-state index contributed by atoms with van der Waals surface area (Å²) >= 11 is 0. The summed E-state index contributed by atoms with van der Waals surface area (Å²) in [6, 6.07) is 2.10. The fourth-order valence-electron chi connectivity index (χ4n) is 1.45. The zero-order chi connectivity index (χ0) is 9.26. The van der Waals surface area contributed by atoms with Crippen LogP contribution in [-0.2, 0) is 6.42 Å². The molecule has 0 aromatic carbocycles. The lowest BCUT2D eigenvalue weighted by Gasteiger charge is -2.06. The minimum atomic E-state index is 0.924. The monoisotopic (exact) mass is 176 g/mol. The van der Waals surface area contributed by atoms with E-state index in [0.29, 0.717) is 0 Å². The van der Waals surface area contributed by atoms with Crippen LogP contribution in [0.3, 0.4) is 0 Å². The Morgan fingerprint density at radius 2 is 2.38 bits per heavy atom. The molecule has 2 aromatic rings. The molecule has 0 spiro atoms. The lowest BCUT2D eigenvalue weighted by atomic mass is 10.2. The fraction of sp³-hybridized carbons (Fsp3) is 0.300. The van der Waals surface area contributed by atoms with Crippen molar-refractivity contribution in [1.82, 2.24) is 9.38 Å². The maximum atomic E-state index is 5.27. The highest BCUT2D eigenvalue weighted by Gasteiger charge is 2.02. The van der Waals surface area contributed by atoms with Gasteiger partial charge in [0.15, 0.2) is 0 Å². The second-order valence-electron chi connectivity index (χ2n) is 2.95. The molecule has 0 unspecified atom stereocenters. The van der Waals surface area contributed by atoms with Crippen molar-refractivity contribution in [3.8, 4) is 5.75 Å². The van der Waals surface area contributed by atoms with Crippen LogP contribution in [0.5, 0.6) is 5.75 Å². The largest absolute Gasteiger partial charge is 0.495 e. The lowest BCUT2D eigenvalue weighted by molar-refractivity contribution is 0.407. The second kappa shape index (κ2) is 3.09. The van der Waals surface area contributed by atoms with Gasteiger partial charge < -0.3 is 9.14 Å². The Hall–Kier alpha value is -1.51. The Bertz CT molecular complexity index is 382. The Labute approximate surface area is 77.0 Å². The van der Waals surface area contributed by atoms with Crippen LogP contribution in [0, 0.1) is 0 Å². The van der Waals surface area contributed by atoms with E-state index in [4.69, 9.17) is 4.74 Å². The molecule has 2 aromatic heterocycles. The summed E-state index contributed by atoms with van der Waals surface area (Å²) in [5.74, 6) is 0.924. The van der Waals surface area contributed by atoms with Crippen LogP contribution in [0.25, 0.3) is 5.52 Å². The number of pyridine rings is 1. The molecule has 0 aliphatic carbocycles. The third-order valence-corrected chi connectivity index (χ3v) is 2.19. The van der Waals surface area contributed by atoms with Gasteiger partial charge in [-0.1, -0.05) is 6.92 Å². The lowest BCUT2D eigenvalue weighted by Crippen LogP contribution is -1.93. The number of hydrogen-bond acceptors (Lipinski definition) is 2. The maximum absolute atomic E-state index is 5.27. The number of aryl methyl sites for hydroxylation is 1. The molecular formula is C10H12N2O. The first kappa shape index (κ1) is 8.10. The van der Waals surface area contributed by atoms with Crippen LogP contribution in [0.2, 0.25) is 0 Å². The molecule has 0 atom stereocenters. The van der Waals surface area contributed by atoms with Gasteiger partial charge in [-0.05, 0) is 18.1 Å². The Kier molecular flexibility index (Phi) is 1.93. The minimum Gasteiger partial charge on any atom is -0.495 e. The van der Waals surface area contributed by atoms with E-state index in [2.05, 4.69) is 18.0 Å². The van der Waals surface area contributed by atoms with E-state index in [1.807, 2.05) is 16.8 Å². The van der Waals surface area contributed by atoms with Crippen molar-refractivity contribution >= 4 is 5.52 Å². The minimum absolute atomic E-state index is 0.924. The highest BCUT2D eigenvalue weighted by Crippen LogP contribution is 2.20. The van der Waals surface area contributed by atoms with Gasteiger partial charge in [0, 0.05) is 0 Å². The first-order valence-corrected chi connectivity index (χ1v) is 4.33. The van der Waals surface area contributed by atoms with Gasteiger partial charge in [-0.3, -0.25) is 0 Å². The van der Waals surface area contributed by atoms with Gasteiger partial charge in [0.2, 0.25) is 0 Å². The standard InChI is InChI=1S/C10H12N2O/c1-3-8-4-9-5-11-7-12(9)6-10(8)13-2/h4-7H,3H2,1-2H3. The molecule has 3 nitrogen and oxygen atoms in total. The molecule has 13 heavy (non-hydrogen) atoms. The van der Waals surface area contributed by atoms with Crippen LogP contribution in [0.1, 0.15) is 12.5 Å². The molecule has 0 saturated carbocycles. The summed E-state index contributed by atoms with van der Waals surface area (Å²) in [7, 11) is 1.69. The van der Waals surface area contributed by atoms with E-state index in [0.717, 1.165) is 17.7 Å². The number of fused-ring (bicyclic) bond motifs is 1. The molecule has 2 rings (SSSR count). The number of ether oxygens (including phenoxy) is 1. The van der Waals surface area contributed by atoms with Gasteiger partial charge >= 0.3 is 0 Å². The van der Waals surface area contributed by atoms with E-state index in [1.54, 1.807) is 13.4 Å². The van der Waals surface area contributed by atoms with E-state index >= 15 is 0 Å². The van der Waals surface area contributed by atoms with Crippen molar-refractivity contribution in [3.63, 3.8) is 0 Å². The van der Waals surface area contributed by atoms with Crippen molar-refractivity contribution in [2.45, 2.75) is 13.3 Å². The number of rotatable bonds is 2. The van der Waals surface area contributed by atoms with Gasteiger partial charge in [-0.2, -0.15) is 0 Å². The van der Waals surface area contributed by atoms with Crippen molar-refractivity contribution in [2.75, 3.05) is 7.11 Å². The van der Waals surface area contributed by atoms with Crippen LogP contribution in [0.4, 0.5) is 0 Å². The fourth-order valence-corrected chi connectivity index (χ4v) is 1.45. The molecule has 0 amide bonds. The SMILES string of the molecule is CCc1cc2cncn2cc1OC. The number of aromatic nitrogens is 2. The molecule has 0 bridgehead atoms. The van der Waals surface area contributed by atoms with Crippen molar-refractivity contribution in [1.29, 1.82) is 0 Å². The molecule has 2 heterocycles. The summed E-state index contributed by atoms with van der Waals surface area (Å²) in [5.41, 5.74) is 2.33. The van der Waals surface area contributed by atoms with Gasteiger partial charge in [0.1, 0.15) is 5.75 Å². The van der Waals surface area contributed by atoms with Gasteiger partial charge in [-0.15, -0.1) is 0 Å². The van der Waals surface area contributed by atoms with E-state index in [9.17, 15) is 0 Å². The van der Waals surface area contributed by atoms with Gasteiger partial charge in [0.25, 0.3) is 0 Å². The van der Waals surface area contributed by atoms with Crippen molar-refractivity contribution < 1.29 is 4.74 Å². The Morgan fingerprint density at radius 1 is 1.54 bits per heavy atom. The zero-order valence-corrected chi connectivity index (χ0v) is 7.82. The number of hydrogen-bond donors (Lipinski definition) is 0. The molecule has 0 radical (unpaired) electrons. The number of nitrogens with zero attached hydrogens (tertiary/aromatic N) is 2. The predicted molar refractivity (Wildman–Crippen MR) is 51.1 cm³/mol. The average Bonchev–Trinajstić information content (AvgIpc) is 2.62. The van der Waals surface area contributed by atoms with Gasteiger partial charge in [-0.25, -0.2) is 4.98 Å².